The Labute approximate surface area is 155 Å². The lowest BCUT2D eigenvalue weighted by atomic mass is 9.81. The van der Waals surface area contributed by atoms with Crippen LogP contribution in [0.3, 0.4) is 0 Å². The Bertz CT molecular complexity index is 759. The van der Waals surface area contributed by atoms with E-state index in [1.165, 1.54) is 17.0 Å². The minimum atomic E-state index is -4.62. The minimum absolute atomic E-state index is 0.0354. The molecule has 0 radical (unpaired) electrons. The van der Waals surface area contributed by atoms with E-state index >= 15 is 0 Å². The molecule has 0 atom stereocenters. The molecule has 2 aliphatic heterocycles. The highest BCUT2D eigenvalue weighted by Crippen LogP contribution is 2.44. The van der Waals surface area contributed by atoms with Crippen LogP contribution in [0.5, 0.6) is 5.75 Å². The number of fused-ring (bicyclic) bond motifs is 1. The molecule has 1 aromatic carbocycles. The van der Waals surface area contributed by atoms with Gasteiger partial charge in [-0.1, -0.05) is 6.07 Å². The van der Waals surface area contributed by atoms with Crippen LogP contribution in [0.1, 0.15) is 56.0 Å². The maximum Gasteiger partial charge on any atom is 0.417 e. The summed E-state index contributed by atoms with van der Waals surface area (Å²) in [6, 6.07) is 3.52. The first-order valence-electron chi connectivity index (χ1n) is 8.81. The Balaban J connectivity index is 1.77. The third kappa shape index (κ3) is 4.04. The Morgan fingerprint density at radius 2 is 1.81 bits per heavy atom. The average Bonchev–Trinajstić information content (AvgIpc) is 2.52. The van der Waals surface area contributed by atoms with Crippen LogP contribution in [0, 0.1) is 0 Å². The number of carbonyl (C=O) groups is 2. The topological polar surface area (TPSA) is 55.8 Å². The number of ketones is 1. The lowest BCUT2D eigenvalue weighted by Crippen LogP contribution is -2.53. The summed E-state index contributed by atoms with van der Waals surface area (Å²) >= 11 is 0. The molecule has 0 bridgehead atoms. The number of carbonyl (C=O) groups excluding carboxylic acids is 2. The Morgan fingerprint density at radius 3 is 2.37 bits per heavy atom. The highest BCUT2D eigenvalue weighted by Gasteiger charge is 2.47. The molecule has 27 heavy (non-hydrogen) atoms. The van der Waals surface area contributed by atoms with Gasteiger partial charge in [-0.2, -0.15) is 13.2 Å². The number of ether oxygens (including phenoxy) is 2. The summed E-state index contributed by atoms with van der Waals surface area (Å²) in [4.78, 5) is 26.3. The summed E-state index contributed by atoms with van der Waals surface area (Å²) in [7, 11) is 0. The molecule has 1 fully saturated rings. The molecule has 0 unspecified atom stereocenters. The normalized spacial score (nSPS) is 19.5. The zero-order valence-corrected chi connectivity index (χ0v) is 15.5. The second-order valence-electron chi connectivity index (χ2n) is 8.03. The number of Topliss-reactive ketones (excluding diaryl/α,β-unsaturated/α-hetero) is 1. The predicted octanol–water partition coefficient (Wildman–Crippen LogP) is 4.44. The van der Waals surface area contributed by atoms with E-state index in [9.17, 15) is 22.8 Å². The Hall–Kier alpha value is -2.25. The number of likely N-dealkylation sites (tertiary alicyclic amines) is 1. The van der Waals surface area contributed by atoms with Crippen LogP contribution < -0.4 is 4.74 Å². The first-order valence-corrected chi connectivity index (χ1v) is 8.81. The number of nitrogens with zero attached hydrogens (tertiary/aromatic N) is 1. The Morgan fingerprint density at radius 1 is 1.19 bits per heavy atom. The van der Waals surface area contributed by atoms with Gasteiger partial charge in [0, 0.05) is 25.9 Å². The molecule has 5 nitrogen and oxygen atoms in total. The summed E-state index contributed by atoms with van der Waals surface area (Å²) < 4.78 is 50.8. The van der Waals surface area contributed by atoms with Crippen LogP contribution >= 0.6 is 0 Å². The van der Waals surface area contributed by atoms with Gasteiger partial charge < -0.3 is 14.4 Å². The van der Waals surface area contributed by atoms with Crippen LogP contribution in [0.4, 0.5) is 18.0 Å². The number of alkyl halides is 3. The van der Waals surface area contributed by atoms with Gasteiger partial charge in [-0.3, -0.25) is 4.79 Å². The lowest BCUT2D eigenvalue weighted by molar-refractivity contribution is -0.138. The fraction of sp³-hybridized carbons (Fsp3) is 0.579. The van der Waals surface area contributed by atoms with Crippen LogP contribution in [0.25, 0.3) is 0 Å². The standard InChI is InChI=1S/C19H22F3NO4/c1-17(2,3)27-16(25)23-9-7-18(8-10-23)11-13(24)15-12(19(20,21)22)5-4-6-14(15)26-18/h4-6H,7-11H2,1-3H3. The van der Waals surface area contributed by atoms with Crippen LogP contribution in [0.2, 0.25) is 0 Å². The van der Waals surface area contributed by atoms with Gasteiger partial charge in [-0.25, -0.2) is 4.79 Å². The first-order chi connectivity index (χ1) is 12.4. The molecule has 148 valence electrons. The van der Waals surface area contributed by atoms with Gasteiger partial charge in [-0.05, 0) is 32.9 Å². The lowest BCUT2D eigenvalue weighted by Gasteiger charge is -2.44. The summed E-state index contributed by atoms with van der Waals surface area (Å²) in [6.45, 7) is 5.95. The second kappa shape index (κ2) is 6.42. The SMILES string of the molecule is CC(C)(C)OC(=O)N1CCC2(CC1)CC(=O)c1c(cccc1C(F)(F)F)O2. The summed E-state index contributed by atoms with van der Waals surface area (Å²) in [5.41, 5.74) is -2.86. The zero-order chi connectivity index (χ0) is 20.0. The number of amides is 1. The van der Waals surface area contributed by atoms with Crippen molar-refractivity contribution in [2.45, 2.75) is 57.4 Å². The third-order valence-electron chi connectivity index (χ3n) is 4.75. The van der Waals surface area contributed by atoms with E-state index in [0.717, 1.165) is 6.07 Å². The predicted molar refractivity (Wildman–Crippen MR) is 90.8 cm³/mol. The van der Waals surface area contributed by atoms with E-state index in [-0.39, 0.29) is 12.2 Å². The van der Waals surface area contributed by atoms with Gasteiger partial charge in [0.15, 0.2) is 5.78 Å². The fourth-order valence-corrected chi connectivity index (χ4v) is 3.49. The molecule has 1 spiro atoms. The van der Waals surface area contributed by atoms with E-state index in [1.54, 1.807) is 20.8 Å². The third-order valence-corrected chi connectivity index (χ3v) is 4.75. The number of hydrogen-bond acceptors (Lipinski definition) is 4. The molecule has 1 aromatic rings. The average molecular weight is 385 g/mol. The molecule has 2 heterocycles. The quantitative estimate of drug-likeness (QED) is 0.663. The van der Waals surface area contributed by atoms with Gasteiger partial charge >= 0.3 is 12.3 Å². The highest BCUT2D eigenvalue weighted by atomic mass is 19.4. The van der Waals surface area contributed by atoms with Crippen molar-refractivity contribution in [1.29, 1.82) is 0 Å². The number of piperidine rings is 1. The summed E-state index contributed by atoms with van der Waals surface area (Å²) in [5, 5.41) is 0. The molecule has 0 aromatic heterocycles. The van der Waals surface area contributed by atoms with Crippen molar-refractivity contribution >= 4 is 11.9 Å². The number of hydrogen-bond donors (Lipinski definition) is 0. The van der Waals surface area contributed by atoms with Crippen LogP contribution in [-0.4, -0.2) is 41.1 Å². The van der Waals surface area contributed by atoms with Gasteiger partial charge in [0.05, 0.1) is 17.5 Å². The highest BCUT2D eigenvalue weighted by molar-refractivity contribution is 6.02. The van der Waals surface area contributed by atoms with E-state index < -0.39 is 40.4 Å². The number of benzene rings is 1. The van der Waals surface area contributed by atoms with Gasteiger partial charge in [-0.15, -0.1) is 0 Å². The molecule has 1 amide bonds. The van der Waals surface area contributed by atoms with Crippen molar-refractivity contribution in [3.63, 3.8) is 0 Å². The first kappa shape index (κ1) is 19.5. The van der Waals surface area contributed by atoms with Crippen molar-refractivity contribution in [3.05, 3.63) is 29.3 Å². The molecule has 0 N–H and O–H groups in total. The monoisotopic (exact) mass is 385 g/mol. The molecular formula is C19H22F3NO4. The fourth-order valence-electron chi connectivity index (χ4n) is 3.49. The van der Waals surface area contributed by atoms with Crippen molar-refractivity contribution in [2.24, 2.45) is 0 Å². The molecule has 8 heteroatoms. The largest absolute Gasteiger partial charge is 0.486 e. The van der Waals surface area contributed by atoms with Gasteiger partial charge in [0.2, 0.25) is 0 Å². The molecule has 3 rings (SSSR count). The van der Waals surface area contributed by atoms with Crippen molar-refractivity contribution in [3.8, 4) is 5.75 Å². The van der Waals surface area contributed by atoms with E-state index in [4.69, 9.17) is 9.47 Å². The van der Waals surface area contributed by atoms with Crippen molar-refractivity contribution in [2.75, 3.05) is 13.1 Å². The summed E-state index contributed by atoms with van der Waals surface area (Å²) in [6.07, 6.45) is -4.48. The maximum absolute atomic E-state index is 13.2. The molecule has 0 aliphatic carbocycles. The van der Waals surface area contributed by atoms with Crippen LogP contribution in [0.15, 0.2) is 18.2 Å². The van der Waals surface area contributed by atoms with Crippen LogP contribution in [-0.2, 0) is 10.9 Å². The molecule has 2 aliphatic rings. The van der Waals surface area contributed by atoms with Crippen molar-refractivity contribution in [1.82, 2.24) is 4.90 Å². The van der Waals surface area contributed by atoms with Gasteiger partial charge in [0.25, 0.3) is 0 Å². The zero-order valence-electron chi connectivity index (χ0n) is 15.5. The van der Waals surface area contributed by atoms with E-state index in [1.807, 2.05) is 0 Å². The minimum Gasteiger partial charge on any atom is -0.486 e. The van der Waals surface area contributed by atoms with E-state index in [0.29, 0.717) is 25.9 Å². The van der Waals surface area contributed by atoms with E-state index in [2.05, 4.69) is 0 Å². The number of halogens is 3. The molecule has 0 saturated carbocycles. The Kier molecular flexibility index (Phi) is 4.64. The summed E-state index contributed by atoms with van der Waals surface area (Å²) in [5.74, 6) is -0.610. The number of rotatable bonds is 0. The van der Waals surface area contributed by atoms with Gasteiger partial charge in [0.1, 0.15) is 17.0 Å². The molecule has 1 saturated heterocycles. The molecular weight excluding hydrogens is 363 g/mol. The maximum atomic E-state index is 13.2. The smallest absolute Gasteiger partial charge is 0.417 e. The van der Waals surface area contributed by atoms with Crippen molar-refractivity contribution < 1.29 is 32.2 Å². The second-order valence-corrected chi connectivity index (χ2v) is 8.03.